The van der Waals surface area contributed by atoms with Gasteiger partial charge < -0.3 is 15.5 Å². The van der Waals surface area contributed by atoms with Crippen LogP contribution in [0.5, 0.6) is 0 Å². The second-order valence-electron chi connectivity index (χ2n) is 7.61. The normalized spacial score (nSPS) is 23.3. The fourth-order valence-corrected chi connectivity index (χ4v) is 4.72. The summed E-state index contributed by atoms with van der Waals surface area (Å²) >= 11 is 0. The highest BCUT2D eigenvalue weighted by atomic mass is 19.4. The van der Waals surface area contributed by atoms with E-state index in [0.29, 0.717) is 17.5 Å². The highest BCUT2D eigenvalue weighted by Gasteiger charge is 2.40. The van der Waals surface area contributed by atoms with E-state index in [9.17, 15) is 17.6 Å². The molecular formula is C20H19F4N3. The van der Waals surface area contributed by atoms with E-state index in [1.165, 1.54) is 16.8 Å². The van der Waals surface area contributed by atoms with Crippen LogP contribution in [0, 0.1) is 11.7 Å². The summed E-state index contributed by atoms with van der Waals surface area (Å²) in [6, 6.07) is 6.39. The highest BCUT2D eigenvalue weighted by Crippen LogP contribution is 2.47. The second kappa shape index (κ2) is 5.86. The molecule has 0 amide bonds. The van der Waals surface area contributed by atoms with Crippen molar-refractivity contribution < 1.29 is 17.6 Å². The minimum absolute atomic E-state index is 0.149. The van der Waals surface area contributed by atoms with Crippen LogP contribution in [0.4, 0.5) is 34.6 Å². The van der Waals surface area contributed by atoms with Crippen molar-refractivity contribution in [2.24, 2.45) is 5.92 Å². The molecule has 3 aliphatic rings. The smallest absolute Gasteiger partial charge is 0.370 e. The average Bonchev–Trinajstić information content (AvgIpc) is 3.24. The molecule has 2 aromatic rings. The SMILES string of the molecule is Fc1ccc(C(F)(F)F)cc1Nc1cc2c3c(c1)C1CNC[C@@H]1CN3CC2. The van der Waals surface area contributed by atoms with Crippen LogP contribution < -0.4 is 15.5 Å². The van der Waals surface area contributed by atoms with Crippen LogP contribution in [0.3, 0.4) is 0 Å². The molecule has 3 heterocycles. The van der Waals surface area contributed by atoms with Gasteiger partial charge in [0.1, 0.15) is 5.82 Å². The Kier molecular flexibility index (Phi) is 3.66. The summed E-state index contributed by atoms with van der Waals surface area (Å²) in [5.41, 5.74) is 3.32. The zero-order chi connectivity index (χ0) is 18.8. The van der Waals surface area contributed by atoms with E-state index in [0.717, 1.165) is 50.8 Å². The molecule has 2 N–H and O–H groups in total. The molecule has 3 aliphatic heterocycles. The van der Waals surface area contributed by atoms with Gasteiger partial charge in [-0.1, -0.05) is 0 Å². The largest absolute Gasteiger partial charge is 0.416 e. The number of hydrogen-bond donors (Lipinski definition) is 2. The van der Waals surface area contributed by atoms with Crippen LogP contribution in [0.2, 0.25) is 0 Å². The van der Waals surface area contributed by atoms with E-state index in [4.69, 9.17) is 0 Å². The number of benzene rings is 2. The van der Waals surface area contributed by atoms with Crippen molar-refractivity contribution in [3.63, 3.8) is 0 Å². The number of halogens is 4. The van der Waals surface area contributed by atoms with Crippen LogP contribution in [0.25, 0.3) is 0 Å². The number of rotatable bonds is 2. The van der Waals surface area contributed by atoms with Crippen molar-refractivity contribution in [2.45, 2.75) is 18.5 Å². The molecule has 7 heteroatoms. The minimum Gasteiger partial charge on any atom is -0.370 e. The maximum absolute atomic E-state index is 14.1. The van der Waals surface area contributed by atoms with E-state index < -0.39 is 17.6 Å². The Labute approximate surface area is 154 Å². The van der Waals surface area contributed by atoms with E-state index in [2.05, 4.69) is 15.5 Å². The maximum atomic E-state index is 14.1. The zero-order valence-corrected chi connectivity index (χ0v) is 14.5. The van der Waals surface area contributed by atoms with Gasteiger partial charge in [-0.3, -0.25) is 0 Å². The third-order valence-electron chi connectivity index (χ3n) is 5.95. The topological polar surface area (TPSA) is 27.3 Å². The summed E-state index contributed by atoms with van der Waals surface area (Å²) < 4.78 is 53.1. The monoisotopic (exact) mass is 377 g/mol. The third-order valence-corrected chi connectivity index (χ3v) is 5.95. The number of fused-ring (bicyclic) bond motifs is 2. The first-order chi connectivity index (χ1) is 12.9. The lowest BCUT2D eigenvalue weighted by Crippen LogP contribution is -2.35. The number of hydrogen-bond acceptors (Lipinski definition) is 3. The quantitative estimate of drug-likeness (QED) is 0.766. The average molecular weight is 377 g/mol. The molecule has 27 heavy (non-hydrogen) atoms. The summed E-state index contributed by atoms with van der Waals surface area (Å²) in [7, 11) is 0. The molecule has 5 rings (SSSR count). The summed E-state index contributed by atoms with van der Waals surface area (Å²) in [6.07, 6.45) is -3.59. The molecule has 1 unspecified atom stereocenters. The first-order valence-electron chi connectivity index (χ1n) is 9.16. The molecular weight excluding hydrogens is 358 g/mol. The first kappa shape index (κ1) is 16.9. The fourth-order valence-electron chi connectivity index (χ4n) is 4.72. The summed E-state index contributed by atoms with van der Waals surface area (Å²) in [4.78, 5) is 2.41. The predicted octanol–water partition coefficient (Wildman–Crippen LogP) is 4.27. The van der Waals surface area contributed by atoms with Gasteiger partial charge in [-0.25, -0.2) is 4.39 Å². The van der Waals surface area contributed by atoms with Crippen LogP contribution in [0.15, 0.2) is 30.3 Å². The van der Waals surface area contributed by atoms with Gasteiger partial charge in [-0.15, -0.1) is 0 Å². The van der Waals surface area contributed by atoms with Gasteiger partial charge in [0.2, 0.25) is 0 Å². The summed E-state index contributed by atoms with van der Waals surface area (Å²) in [5, 5.41) is 6.33. The Morgan fingerprint density at radius 1 is 1.11 bits per heavy atom. The lowest BCUT2D eigenvalue weighted by molar-refractivity contribution is -0.137. The lowest BCUT2D eigenvalue weighted by atomic mass is 9.83. The Bertz CT molecular complexity index is 909. The molecule has 0 bridgehead atoms. The van der Waals surface area contributed by atoms with Crippen LogP contribution in [-0.2, 0) is 12.6 Å². The van der Waals surface area contributed by atoms with Crippen molar-refractivity contribution in [3.05, 3.63) is 52.8 Å². The highest BCUT2D eigenvalue weighted by molar-refractivity contribution is 5.74. The van der Waals surface area contributed by atoms with Crippen molar-refractivity contribution in [3.8, 4) is 0 Å². The van der Waals surface area contributed by atoms with Crippen molar-refractivity contribution in [1.29, 1.82) is 0 Å². The Morgan fingerprint density at radius 3 is 2.78 bits per heavy atom. The van der Waals surface area contributed by atoms with Gasteiger partial charge in [0, 0.05) is 43.5 Å². The van der Waals surface area contributed by atoms with Crippen molar-refractivity contribution in [2.75, 3.05) is 36.4 Å². The molecule has 0 radical (unpaired) electrons. The molecule has 0 spiro atoms. The Hall–Kier alpha value is -2.28. The van der Waals surface area contributed by atoms with Gasteiger partial charge in [0.15, 0.2) is 0 Å². The lowest BCUT2D eigenvalue weighted by Gasteiger charge is -2.35. The number of anilines is 3. The Balaban J connectivity index is 1.54. The summed E-state index contributed by atoms with van der Waals surface area (Å²) in [5.74, 6) is 0.254. The molecule has 0 aromatic heterocycles. The molecule has 3 nitrogen and oxygen atoms in total. The molecule has 0 aliphatic carbocycles. The Morgan fingerprint density at radius 2 is 1.96 bits per heavy atom. The van der Waals surface area contributed by atoms with Crippen LogP contribution in [-0.4, -0.2) is 26.2 Å². The number of alkyl halides is 3. The summed E-state index contributed by atoms with van der Waals surface area (Å²) in [6.45, 7) is 3.90. The number of nitrogens with one attached hydrogen (secondary N) is 2. The molecule has 142 valence electrons. The standard InChI is InChI=1S/C20H19F4N3/c21-17-2-1-13(20(22,23)24)6-18(17)26-14-5-11-3-4-27-10-12-8-25-9-16(12)15(7-14)19(11)27/h1-2,5-7,12,16,25-26H,3-4,8-10H2/t12-,16?/m1/s1. The van der Waals surface area contributed by atoms with Crippen LogP contribution >= 0.6 is 0 Å². The maximum Gasteiger partial charge on any atom is 0.416 e. The first-order valence-corrected chi connectivity index (χ1v) is 9.16. The van der Waals surface area contributed by atoms with Gasteiger partial charge in [-0.2, -0.15) is 13.2 Å². The third kappa shape index (κ3) is 2.76. The van der Waals surface area contributed by atoms with Crippen LogP contribution in [0.1, 0.15) is 22.6 Å². The predicted molar refractivity (Wildman–Crippen MR) is 96.1 cm³/mol. The van der Waals surface area contributed by atoms with Crippen molar-refractivity contribution in [1.82, 2.24) is 5.32 Å². The van der Waals surface area contributed by atoms with E-state index in [-0.39, 0.29) is 5.69 Å². The van der Waals surface area contributed by atoms with E-state index in [1.54, 1.807) is 0 Å². The van der Waals surface area contributed by atoms with Gasteiger partial charge in [-0.05, 0) is 53.8 Å². The second-order valence-corrected chi connectivity index (χ2v) is 7.61. The van der Waals surface area contributed by atoms with E-state index in [1.807, 2.05) is 12.1 Å². The fraction of sp³-hybridized carbons (Fsp3) is 0.400. The molecule has 2 aromatic carbocycles. The van der Waals surface area contributed by atoms with E-state index >= 15 is 0 Å². The van der Waals surface area contributed by atoms with Gasteiger partial charge >= 0.3 is 6.18 Å². The molecule has 0 saturated carbocycles. The molecule has 1 saturated heterocycles. The van der Waals surface area contributed by atoms with Gasteiger partial charge in [0.25, 0.3) is 0 Å². The zero-order valence-electron chi connectivity index (χ0n) is 14.5. The molecule has 2 atom stereocenters. The van der Waals surface area contributed by atoms with Gasteiger partial charge in [0.05, 0.1) is 11.3 Å². The van der Waals surface area contributed by atoms with Crippen molar-refractivity contribution >= 4 is 17.1 Å². The molecule has 1 fully saturated rings. The number of nitrogens with zero attached hydrogens (tertiary/aromatic N) is 1. The minimum atomic E-state index is -4.50.